The fourth-order valence-electron chi connectivity index (χ4n) is 2.70. The first-order valence-electron chi connectivity index (χ1n) is 6.90. The van der Waals surface area contributed by atoms with Gasteiger partial charge in [-0.15, -0.1) is 0 Å². The van der Waals surface area contributed by atoms with Gasteiger partial charge in [-0.2, -0.15) is 5.26 Å². The Labute approximate surface area is 124 Å². The van der Waals surface area contributed by atoms with Crippen molar-refractivity contribution in [3.63, 3.8) is 0 Å². The van der Waals surface area contributed by atoms with Crippen molar-refractivity contribution < 1.29 is 12.8 Å². The van der Waals surface area contributed by atoms with Crippen molar-refractivity contribution >= 4 is 10.0 Å². The van der Waals surface area contributed by atoms with E-state index in [9.17, 15) is 12.8 Å². The number of nitrogens with zero attached hydrogens (tertiary/aromatic N) is 1. The largest absolute Gasteiger partial charge is 0.330 e. The Morgan fingerprint density at radius 3 is 2.71 bits per heavy atom. The zero-order valence-electron chi connectivity index (χ0n) is 11.5. The molecule has 1 fully saturated rings. The van der Waals surface area contributed by atoms with Crippen LogP contribution >= 0.6 is 0 Å². The van der Waals surface area contributed by atoms with E-state index in [1.807, 2.05) is 0 Å². The van der Waals surface area contributed by atoms with Gasteiger partial charge < -0.3 is 5.73 Å². The number of sulfonamides is 1. The molecule has 1 aromatic rings. The monoisotopic (exact) mass is 311 g/mol. The SMILES string of the molecule is N#Cc1ccc(S(=O)(=O)N[C@H]2CCCC[C@@H]2CN)c(F)c1. The van der Waals surface area contributed by atoms with Crippen molar-refractivity contribution in [1.29, 1.82) is 5.26 Å². The fourth-order valence-corrected chi connectivity index (χ4v) is 4.09. The maximum Gasteiger partial charge on any atom is 0.243 e. The van der Waals surface area contributed by atoms with Crippen LogP contribution in [0, 0.1) is 23.1 Å². The third-order valence-corrected chi connectivity index (χ3v) is 5.39. The Kier molecular flexibility index (Phi) is 4.93. The highest BCUT2D eigenvalue weighted by Crippen LogP contribution is 2.25. The van der Waals surface area contributed by atoms with Gasteiger partial charge in [-0.3, -0.25) is 0 Å². The van der Waals surface area contributed by atoms with Gasteiger partial charge in [0.1, 0.15) is 10.7 Å². The lowest BCUT2D eigenvalue weighted by molar-refractivity contribution is 0.296. The molecular weight excluding hydrogens is 293 g/mol. The second kappa shape index (κ2) is 6.52. The molecule has 0 unspecified atom stereocenters. The molecule has 2 rings (SSSR count). The molecule has 0 radical (unpaired) electrons. The molecule has 3 N–H and O–H groups in total. The van der Waals surface area contributed by atoms with Crippen molar-refractivity contribution in [2.45, 2.75) is 36.6 Å². The Morgan fingerprint density at radius 1 is 1.38 bits per heavy atom. The lowest BCUT2D eigenvalue weighted by atomic mass is 9.85. The quantitative estimate of drug-likeness (QED) is 0.880. The minimum Gasteiger partial charge on any atom is -0.330 e. The second-order valence-corrected chi connectivity index (χ2v) is 6.95. The van der Waals surface area contributed by atoms with Gasteiger partial charge in [-0.25, -0.2) is 17.5 Å². The standard InChI is InChI=1S/C14H18FN3O2S/c15-12-7-10(8-16)5-6-14(12)21(19,20)18-13-4-2-1-3-11(13)9-17/h5-7,11,13,18H,1-4,9,17H2/t11-,13+/m1/s1. The summed E-state index contributed by atoms with van der Waals surface area (Å²) in [7, 11) is -3.95. The van der Waals surface area contributed by atoms with Crippen molar-refractivity contribution in [2.24, 2.45) is 11.7 Å². The molecule has 0 bridgehead atoms. The molecule has 5 nitrogen and oxygen atoms in total. The first-order valence-corrected chi connectivity index (χ1v) is 8.38. The summed E-state index contributed by atoms with van der Waals surface area (Å²) in [6, 6.07) is 4.85. The van der Waals surface area contributed by atoms with Crippen LogP contribution in [0.15, 0.2) is 23.1 Å². The van der Waals surface area contributed by atoms with Crippen molar-refractivity contribution in [3.05, 3.63) is 29.6 Å². The first-order chi connectivity index (χ1) is 9.97. The molecule has 114 valence electrons. The summed E-state index contributed by atoms with van der Waals surface area (Å²) in [5.74, 6) is -0.836. The van der Waals surface area contributed by atoms with Gasteiger partial charge in [0.15, 0.2) is 0 Å². The molecule has 0 amide bonds. The summed E-state index contributed by atoms with van der Waals surface area (Å²) in [4.78, 5) is -0.428. The van der Waals surface area contributed by atoms with Gasteiger partial charge in [0.05, 0.1) is 11.6 Å². The van der Waals surface area contributed by atoms with E-state index < -0.39 is 20.7 Å². The Morgan fingerprint density at radius 2 is 2.10 bits per heavy atom. The van der Waals surface area contributed by atoms with E-state index in [2.05, 4.69) is 4.72 Å². The summed E-state index contributed by atoms with van der Waals surface area (Å²) < 4.78 is 41.0. The van der Waals surface area contributed by atoms with Crippen LogP contribution < -0.4 is 10.5 Å². The smallest absolute Gasteiger partial charge is 0.243 e. The molecule has 21 heavy (non-hydrogen) atoms. The Hall–Kier alpha value is -1.49. The van der Waals surface area contributed by atoms with Crippen LogP contribution in [0.2, 0.25) is 0 Å². The molecular formula is C14H18FN3O2S. The van der Waals surface area contributed by atoms with Crippen molar-refractivity contribution in [1.82, 2.24) is 4.72 Å². The van der Waals surface area contributed by atoms with Crippen LogP contribution in [0.1, 0.15) is 31.2 Å². The van der Waals surface area contributed by atoms with Crippen LogP contribution in [0.5, 0.6) is 0 Å². The van der Waals surface area contributed by atoms with Crippen LogP contribution in [-0.4, -0.2) is 21.0 Å². The highest BCUT2D eigenvalue weighted by molar-refractivity contribution is 7.89. The molecule has 1 aromatic carbocycles. The van der Waals surface area contributed by atoms with Gasteiger partial charge in [0, 0.05) is 6.04 Å². The Bertz CT molecular complexity index is 655. The van der Waals surface area contributed by atoms with Gasteiger partial charge in [-0.05, 0) is 43.5 Å². The van der Waals surface area contributed by atoms with E-state index in [1.165, 1.54) is 6.07 Å². The van der Waals surface area contributed by atoms with Crippen LogP contribution in [0.4, 0.5) is 4.39 Å². The van der Waals surface area contributed by atoms with Gasteiger partial charge >= 0.3 is 0 Å². The molecule has 0 saturated heterocycles. The zero-order valence-corrected chi connectivity index (χ0v) is 12.4. The number of rotatable bonds is 4. The summed E-state index contributed by atoms with van der Waals surface area (Å²) in [6.07, 6.45) is 3.55. The van der Waals surface area contributed by atoms with E-state index in [4.69, 9.17) is 11.0 Å². The zero-order chi connectivity index (χ0) is 15.5. The number of hydrogen-bond acceptors (Lipinski definition) is 4. The summed E-state index contributed by atoms with van der Waals surface area (Å²) in [5.41, 5.74) is 5.76. The highest BCUT2D eigenvalue weighted by atomic mass is 32.2. The fraction of sp³-hybridized carbons (Fsp3) is 0.500. The van der Waals surface area contributed by atoms with E-state index >= 15 is 0 Å². The van der Waals surface area contributed by atoms with E-state index in [1.54, 1.807) is 6.07 Å². The lowest BCUT2D eigenvalue weighted by Crippen LogP contribution is -2.44. The number of hydrogen-bond donors (Lipinski definition) is 2. The number of nitrogens with two attached hydrogens (primary N) is 1. The molecule has 0 aliphatic heterocycles. The van der Waals surface area contributed by atoms with E-state index in [0.29, 0.717) is 13.0 Å². The van der Waals surface area contributed by atoms with E-state index in [-0.39, 0.29) is 17.5 Å². The lowest BCUT2D eigenvalue weighted by Gasteiger charge is -2.31. The summed E-state index contributed by atoms with van der Waals surface area (Å²) in [6.45, 7) is 0.406. The average Bonchev–Trinajstić information content (AvgIpc) is 2.47. The third kappa shape index (κ3) is 3.59. The predicted octanol–water partition coefficient (Wildman–Crippen LogP) is 1.49. The molecule has 1 saturated carbocycles. The maximum atomic E-state index is 13.9. The highest BCUT2D eigenvalue weighted by Gasteiger charge is 2.29. The minimum atomic E-state index is -3.95. The third-order valence-electron chi connectivity index (χ3n) is 3.87. The molecule has 0 spiro atoms. The number of benzene rings is 1. The molecule has 1 aliphatic rings. The number of nitriles is 1. The summed E-state index contributed by atoms with van der Waals surface area (Å²) >= 11 is 0. The number of nitrogens with one attached hydrogen (secondary N) is 1. The van der Waals surface area contributed by atoms with Crippen LogP contribution in [0.3, 0.4) is 0 Å². The Balaban J connectivity index is 2.24. The van der Waals surface area contributed by atoms with Crippen LogP contribution in [0.25, 0.3) is 0 Å². The van der Waals surface area contributed by atoms with Crippen molar-refractivity contribution in [3.8, 4) is 6.07 Å². The molecule has 2 atom stereocenters. The van der Waals surface area contributed by atoms with Gasteiger partial charge in [0.2, 0.25) is 10.0 Å². The van der Waals surface area contributed by atoms with Gasteiger partial charge in [0.25, 0.3) is 0 Å². The van der Waals surface area contributed by atoms with Gasteiger partial charge in [-0.1, -0.05) is 12.8 Å². The summed E-state index contributed by atoms with van der Waals surface area (Å²) in [5, 5.41) is 8.69. The maximum absolute atomic E-state index is 13.9. The van der Waals surface area contributed by atoms with Crippen LogP contribution in [-0.2, 0) is 10.0 Å². The average molecular weight is 311 g/mol. The van der Waals surface area contributed by atoms with E-state index in [0.717, 1.165) is 31.4 Å². The topological polar surface area (TPSA) is 96.0 Å². The molecule has 7 heteroatoms. The molecule has 0 aromatic heterocycles. The predicted molar refractivity (Wildman–Crippen MR) is 76.2 cm³/mol. The normalized spacial score (nSPS) is 22.7. The molecule has 0 heterocycles. The second-order valence-electron chi connectivity index (χ2n) is 5.27. The first kappa shape index (κ1) is 15.9. The number of halogens is 1. The van der Waals surface area contributed by atoms with Crippen molar-refractivity contribution in [2.75, 3.05) is 6.54 Å². The minimum absolute atomic E-state index is 0.0787. The molecule has 1 aliphatic carbocycles.